The molecule has 0 spiro atoms. The molecule has 0 aliphatic rings. The summed E-state index contributed by atoms with van der Waals surface area (Å²) in [7, 11) is 0. The molecule has 1 atom stereocenters. The molecule has 0 saturated carbocycles. The molecule has 0 radical (unpaired) electrons. The molecule has 0 heterocycles. The predicted molar refractivity (Wildman–Crippen MR) is 61.9 cm³/mol. The van der Waals surface area contributed by atoms with Gasteiger partial charge in [-0.3, -0.25) is 0 Å². The number of carboxylic acids is 1. The van der Waals surface area contributed by atoms with Gasteiger partial charge in [-0.05, 0) is 31.5 Å². The number of para-hydroxylation sites is 1. The summed E-state index contributed by atoms with van der Waals surface area (Å²) in [6, 6.07) is 5.26. The Bertz CT molecular complexity index is 381. The number of rotatable bonds is 5. The minimum atomic E-state index is -1.03. The molecule has 1 rings (SSSR count). The summed E-state index contributed by atoms with van der Waals surface area (Å²) in [6.07, 6.45) is -0.334. The first-order valence-corrected chi connectivity index (χ1v) is 5.31. The minimum absolute atomic E-state index is 0.402. The molecule has 0 saturated heterocycles. The topological polar surface area (TPSA) is 72.5 Å². The van der Waals surface area contributed by atoms with Crippen molar-refractivity contribution < 1.29 is 14.6 Å². The zero-order valence-corrected chi connectivity index (χ0v) is 9.70. The van der Waals surface area contributed by atoms with Crippen LogP contribution in [0.1, 0.15) is 12.5 Å². The van der Waals surface area contributed by atoms with Crippen LogP contribution < -0.4 is 10.5 Å². The molecule has 3 N–H and O–H groups in total. The van der Waals surface area contributed by atoms with Gasteiger partial charge in [0.1, 0.15) is 5.75 Å². The van der Waals surface area contributed by atoms with E-state index in [1.807, 2.05) is 6.07 Å². The summed E-state index contributed by atoms with van der Waals surface area (Å²) in [5.74, 6) is -0.622. The molecule has 16 heavy (non-hydrogen) atoms. The van der Waals surface area contributed by atoms with Crippen molar-refractivity contribution in [2.24, 2.45) is 5.73 Å². The molecule has 0 bridgehead atoms. The van der Waals surface area contributed by atoms with Gasteiger partial charge in [-0.25, -0.2) is 4.79 Å². The second-order valence-corrected chi connectivity index (χ2v) is 3.77. The standard InChI is InChI=1S/C11H14ClNO3/c1-7(11(14)15)16-10-8(5-6-13)3-2-4-9(10)12/h2-4,7H,5-6,13H2,1H3,(H,14,15). The maximum atomic E-state index is 10.7. The van der Waals surface area contributed by atoms with Crippen molar-refractivity contribution in [2.75, 3.05) is 6.54 Å². The number of nitrogens with two attached hydrogens (primary N) is 1. The quantitative estimate of drug-likeness (QED) is 0.826. The van der Waals surface area contributed by atoms with E-state index in [4.69, 9.17) is 27.2 Å². The third-order valence-electron chi connectivity index (χ3n) is 2.10. The van der Waals surface area contributed by atoms with Crippen molar-refractivity contribution in [3.63, 3.8) is 0 Å². The fraction of sp³-hybridized carbons (Fsp3) is 0.364. The molecule has 0 amide bonds. The van der Waals surface area contributed by atoms with Crippen LogP contribution >= 0.6 is 11.6 Å². The lowest BCUT2D eigenvalue weighted by molar-refractivity contribution is -0.144. The third kappa shape index (κ3) is 3.12. The lowest BCUT2D eigenvalue weighted by Crippen LogP contribution is -2.23. The van der Waals surface area contributed by atoms with E-state index < -0.39 is 12.1 Å². The van der Waals surface area contributed by atoms with Crippen LogP contribution in [0.4, 0.5) is 0 Å². The van der Waals surface area contributed by atoms with Gasteiger partial charge in [0.15, 0.2) is 6.10 Å². The summed E-state index contributed by atoms with van der Waals surface area (Å²) < 4.78 is 5.30. The van der Waals surface area contributed by atoms with E-state index in [-0.39, 0.29) is 0 Å². The smallest absolute Gasteiger partial charge is 0.344 e. The van der Waals surface area contributed by atoms with Crippen LogP contribution in [-0.4, -0.2) is 23.7 Å². The van der Waals surface area contributed by atoms with E-state index >= 15 is 0 Å². The monoisotopic (exact) mass is 243 g/mol. The Labute approximate surface area is 99.0 Å². The summed E-state index contributed by atoms with van der Waals surface area (Å²) in [4.78, 5) is 10.7. The molecule has 88 valence electrons. The van der Waals surface area contributed by atoms with Crippen molar-refractivity contribution in [1.29, 1.82) is 0 Å². The second kappa shape index (κ2) is 5.72. The third-order valence-corrected chi connectivity index (χ3v) is 2.40. The Morgan fingerprint density at radius 1 is 1.62 bits per heavy atom. The first kappa shape index (κ1) is 12.8. The number of hydrogen-bond acceptors (Lipinski definition) is 3. The predicted octanol–water partition coefficient (Wildman–Crippen LogP) is 1.69. The zero-order chi connectivity index (χ0) is 12.1. The van der Waals surface area contributed by atoms with Gasteiger partial charge in [0.2, 0.25) is 0 Å². The number of halogens is 1. The molecule has 1 aromatic carbocycles. The molecule has 4 nitrogen and oxygen atoms in total. The van der Waals surface area contributed by atoms with Crippen molar-refractivity contribution in [3.05, 3.63) is 28.8 Å². The van der Waals surface area contributed by atoms with Crippen LogP contribution in [0.3, 0.4) is 0 Å². The Kier molecular flexibility index (Phi) is 4.58. The SMILES string of the molecule is CC(Oc1c(Cl)cccc1CCN)C(=O)O. The molecular weight excluding hydrogens is 230 g/mol. The van der Waals surface area contributed by atoms with Gasteiger partial charge >= 0.3 is 5.97 Å². The highest BCUT2D eigenvalue weighted by atomic mass is 35.5. The average molecular weight is 244 g/mol. The Morgan fingerprint density at radius 3 is 2.88 bits per heavy atom. The average Bonchev–Trinajstić information content (AvgIpc) is 2.23. The Balaban J connectivity index is 2.96. The molecule has 5 heteroatoms. The molecule has 1 aromatic rings. The Morgan fingerprint density at radius 2 is 2.31 bits per heavy atom. The lowest BCUT2D eigenvalue weighted by atomic mass is 10.1. The maximum absolute atomic E-state index is 10.7. The lowest BCUT2D eigenvalue weighted by Gasteiger charge is -2.15. The zero-order valence-electron chi connectivity index (χ0n) is 8.94. The summed E-state index contributed by atoms with van der Waals surface area (Å²) in [5.41, 5.74) is 6.28. The van der Waals surface area contributed by atoms with Crippen LogP contribution in [-0.2, 0) is 11.2 Å². The number of aliphatic carboxylic acids is 1. The second-order valence-electron chi connectivity index (χ2n) is 3.37. The van der Waals surface area contributed by atoms with Crippen LogP contribution in [0.2, 0.25) is 5.02 Å². The largest absolute Gasteiger partial charge is 0.479 e. The van der Waals surface area contributed by atoms with Gasteiger partial charge in [-0.1, -0.05) is 23.7 Å². The summed E-state index contributed by atoms with van der Waals surface area (Å²) in [6.45, 7) is 1.91. The molecule has 0 aromatic heterocycles. The van der Waals surface area contributed by atoms with E-state index in [9.17, 15) is 4.79 Å². The Hall–Kier alpha value is -1.26. The van der Waals surface area contributed by atoms with Crippen LogP contribution in [0, 0.1) is 0 Å². The van der Waals surface area contributed by atoms with Crippen molar-refractivity contribution in [1.82, 2.24) is 0 Å². The van der Waals surface area contributed by atoms with E-state index in [1.54, 1.807) is 12.1 Å². The number of hydrogen-bond donors (Lipinski definition) is 2. The maximum Gasteiger partial charge on any atom is 0.344 e. The van der Waals surface area contributed by atoms with Gasteiger partial charge in [-0.2, -0.15) is 0 Å². The molecule has 1 unspecified atom stereocenters. The highest BCUT2D eigenvalue weighted by Crippen LogP contribution is 2.29. The fourth-order valence-corrected chi connectivity index (χ4v) is 1.50. The summed E-state index contributed by atoms with van der Waals surface area (Å²) >= 11 is 5.96. The molecule has 0 aliphatic carbocycles. The van der Waals surface area contributed by atoms with Gasteiger partial charge < -0.3 is 15.6 Å². The van der Waals surface area contributed by atoms with E-state index in [2.05, 4.69) is 0 Å². The minimum Gasteiger partial charge on any atom is -0.479 e. The molecular formula is C11H14ClNO3. The van der Waals surface area contributed by atoms with Gasteiger partial charge in [0.25, 0.3) is 0 Å². The number of carbonyl (C=O) groups is 1. The highest BCUT2D eigenvalue weighted by Gasteiger charge is 2.16. The fourth-order valence-electron chi connectivity index (χ4n) is 1.27. The van der Waals surface area contributed by atoms with Crippen molar-refractivity contribution >= 4 is 17.6 Å². The van der Waals surface area contributed by atoms with E-state index in [0.29, 0.717) is 23.7 Å². The highest BCUT2D eigenvalue weighted by molar-refractivity contribution is 6.32. The number of carboxylic acid groups (broad SMARTS) is 1. The van der Waals surface area contributed by atoms with Crippen LogP contribution in [0.15, 0.2) is 18.2 Å². The van der Waals surface area contributed by atoms with Gasteiger partial charge in [0, 0.05) is 0 Å². The van der Waals surface area contributed by atoms with Crippen molar-refractivity contribution in [2.45, 2.75) is 19.4 Å². The van der Waals surface area contributed by atoms with E-state index in [1.165, 1.54) is 6.92 Å². The number of ether oxygens (including phenoxy) is 1. The molecule has 0 aliphatic heterocycles. The summed E-state index contributed by atoms with van der Waals surface area (Å²) in [5, 5.41) is 9.16. The van der Waals surface area contributed by atoms with Gasteiger partial charge in [0.05, 0.1) is 5.02 Å². The molecule has 0 fully saturated rings. The first-order chi connectivity index (χ1) is 7.56. The normalized spacial score (nSPS) is 12.2. The van der Waals surface area contributed by atoms with Crippen LogP contribution in [0.5, 0.6) is 5.75 Å². The first-order valence-electron chi connectivity index (χ1n) is 4.93. The number of benzene rings is 1. The van der Waals surface area contributed by atoms with Gasteiger partial charge in [-0.15, -0.1) is 0 Å². The van der Waals surface area contributed by atoms with Crippen molar-refractivity contribution in [3.8, 4) is 5.75 Å². The van der Waals surface area contributed by atoms with Crippen LogP contribution in [0.25, 0.3) is 0 Å². The van der Waals surface area contributed by atoms with E-state index in [0.717, 1.165) is 5.56 Å².